The molecule has 0 amide bonds. The molecule has 0 spiro atoms. The van der Waals surface area contributed by atoms with Crippen LogP contribution in [0, 0.1) is 0 Å². The lowest BCUT2D eigenvalue weighted by Crippen LogP contribution is -2.33. The van der Waals surface area contributed by atoms with Gasteiger partial charge in [-0.3, -0.25) is 0 Å². The van der Waals surface area contributed by atoms with Crippen molar-refractivity contribution in [3.05, 3.63) is 0 Å². The van der Waals surface area contributed by atoms with Gasteiger partial charge in [0, 0.05) is 0 Å². The molecular weight excluding hydrogens is 228 g/mol. The molecule has 2 unspecified atom stereocenters. The summed E-state index contributed by atoms with van der Waals surface area (Å²) in [7, 11) is 0. The summed E-state index contributed by atoms with van der Waals surface area (Å²) in [5, 5.41) is 33.9. The maximum absolute atomic E-state index is 10.6. The largest absolute Gasteiger partial charge is 0.524 e. The van der Waals surface area contributed by atoms with Crippen LogP contribution in [0.1, 0.15) is 0 Å². The molecule has 9 heteroatoms. The zero-order valence-electron chi connectivity index (χ0n) is 7.90. The molecule has 0 radical (unpaired) electrons. The highest BCUT2D eigenvalue weighted by molar-refractivity contribution is 5.91. The van der Waals surface area contributed by atoms with Crippen molar-refractivity contribution in [1.29, 1.82) is 0 Å². The van der Waals surface area contributed by atoms with Crippen molar-refractivity contribution < 1.29 is 44.3 Å². The third-order valence-electron chi connectivity index (χ3n) is 1.26. The Hall–Kier alpha value is -1.55. The van der Waals surface area contributed by atoms with Gasteiger partial charge in [0.15, 0.2) is 12.2 Å². The van der Waals surface area contributed by atoms with Crippen molar-refractivity contribution >= 4 is 18.1 Å². The number of aliphatic hydroxyl groups is 4. The molecular formula is C7H10O9. The monoisotopic (exact) mass is 238 g/mol. The van der Waals surface area contributed by atoms with Crippen LogP contribution in [-0.4, -0.2) is 63.9 Å². The van der Waals surface area contributed by atoms with Crippen molar-refractivity contribution in [2.45, 2.75) is 12.2 Å². The van der Waals surface area contributed by atoms with Gasteiger partial charge in [-0.2, -0.15) is 0 Å². The van der Waals surface area contributed by atoms with Gasteiger partial charge in [0.25, 0.3) is 0 Å². The second-order valence-electron chi connectivity index (χ2n) is 2.49. The van der Waals surface area contributed by atoms with Crippen molar-refractivity contribution in [2.75, 3.05) is 13.2 Å². The van der Waals surface area contributed by atoms with Crippen molar-refractivity contribution in [3.63, 3.8) is 0 Å². The average molecular weight is 238 g/mol. The Morgan fingerprint density at radius 2 is 1.19 bits per heavy atom. The number of aliphatic hydroxyl groups excluding tert-OH is 4. The van der Waals surface area contributed by atoms with Gasteiger partial charge in [-0.05, 0) is 0 Å². The minimum atomic E-state index is -1.94. The van der Waals surface area contributed by atoms with Crippen LogP contribution >= 0.6 is 0 Å². The van der Waals surface area contributed by atoms with Gasteiger partial charge in [-0.25, -0.2) is 14.4 Å². The van der Waals surface area contributed by atoms with E-state index < -0.39 is 43.5 Å². The molecule has 4 N–H and O–H groups in total. The van der Waals surface area contributed by atoms with E-state index in [9.17, 15) is 14.4 Å². The minimum Gasteiger partial charge on any atom is -0.393 e. The summed E-state index contributed by atoms with van der Waals surface area (Å²) in [6.45, 7) is -1.95. The van der Waals surface area contributed by atoms with Crippen LogP contribution in [0.2, 0.25) is 0 Å². The Balaban J connectivity index is 4.09. The summed E-state index contributed by atoms with van der Waals surface area (Å²) in [4.78, 5) is 31.9. The average Bonchev–Trinajstić information content (AvgIpc) is 2.26. The van der Waals surface area contributed by atoms with E-state index in [-0.39, 0.29) is 0 Å². The fourth-order valence-electron chi connectivity index (χ4n) is 0.470. The summed E-state index contributed by atoms with van der Waals surface area (Å²) < 4.78 is 7.49. The molecule has 0 aliphatic heterocycles. The number of hydrogen-bond acceptors (Lipinski definition) is 9. The molecule has 0 bridgehead atoms. The van der Waals surface area contributed by atoms with E-state index in [1.54, 1.807) is 0 Å². The van der Waals surface area contributed by atoms with Crippen molar-refractivity contribution in [3.8, 4) is 0 Å². The second-order valence-corrected chi connectivity index (χ2v) is 2.49. The summed E-state index contributed by atoms with van der Waals surface area (Å²) in [6, 6.07) is 0. The fraction of sp³-hybridized carbons (Fsp3) is 0.571. The molecule has 0 aromatic carbocycles. The van der Waals surface area contributed by atoms with Crippen LogP contribution < -0.4 is 0 Å². The Morgan fingerprint density at radius 1 is 0.875 bits per heavy atom. The highest BCUT2D eigenvalue weighted by Crippen LogP contribution is 1.95. The highest BCUT2D eigenvalue weighted by atomic mass is 16.8. The number of esters is 2. The smallest absolute Gasteiger partial charge is 0.393 e. The lowest BCUT2D eigenvalue weighted by atomic mass is 10.4. The van der Waals surface area contributed by atoms with E-state index in [1.807, 2.05) is 0 Å². The Bertz CT molecular complexity index is 247. The summed E-state index contributed by atoms with van der Waals surface area (Å²) >= 11 is 0. The molecule has 0 saturated heterocycles. The second kappa shape index (κ2) is 6.85. The molecule has 9 nitrogen and oxygen atoms in total. The van der Waals surface area contributed by atoms with Crippen LogP contribution in [0.5, 0.6) is 0 Å². The van der Waals surface area contributed by atoms with E-state index in [1.165, 1.54) is 0 Å². The first-order valence-electron chi connectivity index (χ1n) is 3.97. The van der Waals surface area contributed by atoms with E-state index in [4.69, 9.17) is 20.4 Å². The van der Waals surface area contributed by atoms with Crippen LogP contribution in [0.25, 0.3) is 0 Å². The van der Waals surface area contributed by atoms with Gasteiger partial charge in [-0.1, -0.05) is 0 Å². The topological polar surface area (TPSA) is 151 Å². The zero-order valence-corrected chi connectivity index (χ0v) is 7.90. The molecule has 0 rings (SSSR count). The molecule has 0 fully saturated rings. The minimum absolute atomic E-state index is 0.973. The zero-order chi connectivity index (χ0) is 12.7. The SMILES string of the molecule is O=C(OC(=O)C(O)CO)OC(=O)C(O)CO. The van der Waals surface area contributed by atoms with Gasteiger partial charge < -0.3 is 29.9 Å². The molecule has 0 aromatic heterocycles. The summed E-state index contributed by atoms with van der Waals surface area (Å²) in [5.74, 6) is -3.03. The van der Waals surface area contributed by atoms with E-state index in [0.717, 1.165) is 0 Å². The van der Waals surface area contributed by atoms with Gasteiger partial charge in [0.05, 0.1) is 13.2 Å². The fourth-order valence-corrected chi connectivity index (χ4v) is 0.470. The first kappa shape index (κ1) is 14.5. The maximum atomic E-state index is 10.6. The first-order valence-corrected chi connectivity index (χ1v) is 3.97. The van der Waals surface area contributed by atoms with E-state index in [0.29, 0.717) is 0 Å². The predicted molar refractivity (Wildman–Crippen MR) is 43.8 cm³/mol. The Labute approximate surface area is 88.8 Å². The number of carbonyl (C=O) groups is 3. The number of rotatable bonds is 4. The molecule has 92 valence electrons. The number of ether oxygens (including phenoxy) is 2. The quantitative estimate of drug-likeness (QED) is 0.295. The lowest BCUT2D eigenvalue weighted by Gasteiger charge is -2.07. The molecule has 0 saturated carbocycles. The molecule has 16 heavy (non-hydrogen) atoms. The van der Waals surface area contributed by atoms with Crippen LogP contribution in [0.4, 0.5) is 4.79 Å². The molecule has 0 aliphatic carbocycles. The van der Waals surface area contributed by atoms with E-state index >= 15 is 0 Å². The van der Waals surface area contributed by atoms with Crippen LogP contribution in [0.3, 0.4) is 0 Å². The Kier molecular flexibility index (Phi) is 6.18. The van der Waals surface area contributed by atoms with Gasteiger partial charge in [0.1, 0.15) is 0 Å². The van der Waals surface area contributed by atoms with Crippen molar-refractivity contribution in [1.82, 2.24) is 0 Å². The third kappa shape index (κ3) is 4.79. The van der Waals surface area contributed by atoms with Crippen LogP contribution in [0.15, 0.2) is 0 Å². The molecule has 0 heterocycles. The van der Waals surface area contributed by atoms with Crippen LogP contribution in [-0.2, 0) is 19.1 Å². The number of carbonyl (C=O) groups excluding carboxylic acids is 3. The predicted octanol–water partition coefficient (Wildman–Crippen LogP) is -3.10. The standard InChI is InChI=1S/C7H10O9/c8-1-3(10)5(12)15-7(14)16-6(13)4(11)2-9/h3-4,8-11H,1-2H2. The first-order chi connectivity index (χ1) is 7.42. The highest BCUT2D eigenvalue weighted by Gasteiger charge is 2.24. The maximum Gasteiger partial charge on any atom is 0.524 e. The summed E-state index contributed by atoms with van der Waals surface area (Å²) in [6.07, 6.45) is -5.66. The van der Waals surface area contributed by atoms with Gasteiger partial charge >= 0.3 is 18.1 Å². The molecule has 0 aromatic rings. The van der Waals surface area contributed by atoms with Gasteiger partial charge in [0.2, 0.25) is 0 Å². The molecule has 0 aliphatic rings. The lowest BCUT2D eigenvalue weighted by molar-refractivity contribution is -0.158. The van der Waals surface area contributed by atoms with Gasteiger partial charge in [-0.15, -0.1) is 0 Å². The Morgan fingerprint density at radius 3 is 1.44 bits per heavy atom. The number of hydrogen-bond donors (Lipinski definition) is 4. The third-order valence-corrected chi connectivity index (χ3v) is 1.26. The normalized spacial score (nSPS) is 13.8. The van der Waals surface area contributed by atoms with E-state index in [2.05, 4.69) is 9.47 Å². The summed E-state index contributed by atoms with van der Waals surface area (Å²) in [5.41, 5.74) is 0. The van der Waals surface area contributed by atoms with Crippen molar-refractivity contribution in [2.24, 2.45) is 0 Å². The molecule has 2 atom stereocenters.